The van der Waals surface area contributed by atoms with Crippen molar-refractivity contribution in [2.75, 3.05) is 39.2 Å². The van der Waals surface area contributed by atoms with E-state index < -0.39 is 0 Å². The molecular formula is C19H25N3O2. The van der Waals surface area contributed by atoms with Crippen molar-refractivity contribution >= 4 is 22.5 Å². The van der Waals surface area contributed by atoms with E-state index in [1.54, 1.807) is 12.0 Å². The molecule has 1 amide bonds. The molecule has 3 rings (SSSR count). The van der Waals surface area contributed by atoms with E-state index in [1.807, 2.05) is 38.5 Å². The molecule has 128 valence electrons. The molecule has 0 atom stereocenters. The highest BCUT2D eigenvalue weighted by atomic mass is 16.5. The number of anilines is 1. The van der Waals surface area contributed by atoms with E-state index in [0.29, 0.717) is 12.3 Å². The monoisotopic (exact) mass is 327 g/mol. The van der Waals surface area contributed by atoms with Gasteiger partial charge < -0.3 is 14.5 Å². The topological polar surface area (TPSA) is 45.7 Å². The first-order valence-electron chi connectivity index (χ1n) is 8.47. The van der Waals surface area contributed by atoms with Gasteiger partial charge in [-0.05, 0) is 30.9 Å². The highest BCUT2D eigenvalue weighted by molar-refractivity contribution is 5.96. The Balaban J connectivity index is 1.75. The zero-order valence-electron chi connectivity index (χ0n) is 14.7. The molecule has 0 aliphatic carbocycles. The van der Waals surface area contributed by atoms with E-state index in [9.17, 15) is 4.79 Å². The average Bonchev–Trinajstić information content (AvgIpc) is 2.61. The van der Waals surface area contributed by atoms with Gasteiger partial charge in [0, 0.05) is 50.6 Å². The number of nitrogens with zero attached hydrogens (tertiary/aromatic N) is 3. The Morgan fingerprint density at radius 3 is 2.67 bits per heavy atom. The van der Waals surface area contributed by atoms with E-state index in [1.165, 1.54) is 0 Å². The lowest BCUT2D eigenvalue weighted by molar-refractivity contribution is -0.129. The van der Waals surface area contributed by atoms with Gasteiger partial charge in [0.25, 0.3) is 0 Å². The molecule has 0 bridgehead atoms. The summed E-state index contributed by atoms with van der Waals surface area (Å²) in [6.45, 7) is 1.88. The summed E-state index contributed by atoms with van der Waals surface area (Å²) in [5.41, 5.74) is 0. The van der Waals surface area contributed by atoms with Crippen LogP contribution in [0.2, 0.25) is 0 Å². The molecule has 2 aromatic rings. The summed E-state index contributed by atoms with van der Waals surface area (Å²) in [5, 5.41) is 2.22. The largest absolute Gasteiger partial charge is 0.496 e. The third kappa shape index (κ3) is 3.30. The van der Waals surface area contributed by atoms with Crippen LogP contribution in [0.3, 0.4) is 0 Å². The van der Waals surface area contributed by atoms with Gasteiger partial charge in [-0.3, -0.25) is 4.79 Å². The summed E-state index contributed by atoms with van der Waals surface area (Å²) < 4.78 is 5.46. The fraction of sp³-hybridized carbons (Fsp3) is 0.474. The fourth-order valence-electron chi connectivity index (χ4n) is 3.37. The van der Waals surface area contributed by atoms with Crippen molar-refractivity contribution < 1.29 is 9.53 Å². The summed E-state index contributed by atoms with van der Waals surface area (Å²) in [6.07, 6.45) is 4.56. The average molecular weight is 327 g/mol. The first kappa shape index (κ1) is 16.6. The van der Waals surface area contributed by atoms with Crippen LogP contribution in [0, 0.1) is 5.92 Å². The minimum atomic E-state index is 0.224. The maximum Gasteiger partial charge on any atom is 0.222 e. The molecule has 2 heterocycles. The number of ether oxygens (including phenoxy) is 1. The molecule has 1 aromatic carbocycles. The standard InChI is InChI=1S/C19H25N3O2/c1-21(2)18(23)13-14-8-11-22(12-9-14)19-16-5-4-6-17(24-3)15(16)7-10-20-19/h4-7,10,14H,8-9,11-13H2,1-3H3. The molecule has 1 fully saturated rings. The van der Waals surface area contributed by atoms with Crippen LogP contribution in [-0.4, -0.2) is 50.1 Å². The zero-order valence-corrected chi connectivity index (χ0v) is 14.7. The minimum Gasteiger partial charge on any atom is -0.496 e. The molecule has 5 nitrogen and oxygen atoms in total. The molecule has 1 aliphatic heterocycles. The van der Waals surface area contributed by atoms with Crippen LogP contribution < -0.4 is 9.64 Å². The van der Waals surface area contributed by atoms with E-state index in [4.69, 9.17) is 4.74 Å². The molecule has 0 saturated carbocycles. The Hall–Kier alpha value is -2.30. The predicted octanol–water partition coefficient (Wildman–Crippen LogP) is 2.94. The van der Waals surface area contributed by atoms with Crippen molar-refractivity contribution in [2.45, 2.75) is 19.3 Å². The van der Waals surface area contributed by atoms with Crippen LogP contribution in [0.25, 0.3) is 10.8 Å². The van der Waals surface area contributed by atoms with Gasteiger partial charge in [0.15, 0.2) is 0 Å². The van der Waals surface area contributed by atoms with E-state index in [-0.39, 0.29) is 5.91 Å². The first-order chi connectivity index (χ1) is 11.6. The maximum absolute atomic E-state index is 11.9. The molecule has 24 heavy (non-hydrogen) atoms. The number of hydrogen-bond donors (Lipinski definition) is 0. The van der Waals surface area contributed by atoms with Crippen LogP contribution in [0.4, 0.5) is 5.82 Å². The first-order valence-corrected chi connectivity index (χ1v) is 8.47. The highest BCUT2D eigenvalue weighted by Crippen LogP contribution is 2.33. The van der Waals surface area contributed by atoms with Crippen LogP contribution in [-0.2, 0) is 4.79 Å². The molecular weight excluding hydrogens is 302 g/mol. The molecule has 0 radical (unpaired) electrons. The molecule has 1 saturated heterocycles. The molecule has 1 aromatic heterocycles. The zero-order chi connectivity index (χ0) is 17.1. The summed E-state index contributed by atoms with van der Waals surface area (Å²) in [5.74, 6) is 2.59. The Kier molecular flexibility index (Phi) is 4.88. The number of amides is 1. The van der Waals surface area contributed by atoms with Gasteiger partial charge in [-0.2, -0.15) is 0 Å². The number of fused-ring (bicyclic) bond motifs is 1. The van der Waals surface area contributed by atoms with Crippen molar-refractivity contribution in [1.29, 1.82) is 0 Å². The Morgan fingerprint density at radius 2 is 2.00 bits per heavy atom. The molecule has 5 heteroatoms. The number of piperidine rings is 1. The molecule has 0 spiro atoms. The van der Waals surface area contributed by atoms with Crippen molar-refractivity contribution in [3.8, 4) is 5.75 Å². The van der Waals surface area contributed by atoms with E-state index >= 15 is 0 Å². The van der Waals surface area contributed by atoms with Gasteiger partial charge in [-0.15, -0.1) is 0 Å². The van der Waals surface area contributed by atoms with E-state index in [0.717, 1.165) is 48.3 Å². The van der Waals surface area contributed by atoms with Gasteiger partial charge in [0.1, 0.15) is 11.6 Å². The lowest BCUT2D eigenvalue weighted by Gasteiger charge is -2.33. The van der Waals surface area contributed by atoms with E-state index in [2.05, 4.69) is 16.0 Å². The molecule has 0 N–H and O–H groups in total. The van der Waals surface area contributed by atoms with Gasteiger partial charge in [0.05, 0.1) is 7.11 Å². The lowest BCUT2D eigenvalue weighted by Crippen LogP contribution is -2.36. The second-order valence-electron chi connectivity index (χ2n) is 6.61. The number of carbonyl (C=O) groups excluding carboxylic acids is 1. The third-order valence-corrected chi connectivity index (χ3v) is 4.84. The van der Waals surface area contributed by atoms with Crippen molar-refractivity contribution in [3.63, 3.8) is 0 Å². The number of pyridine rings is 1. The third-order valence-electron chi connectivity index (χ3n) is 4.84. The number of aromatic nitrogens is 1. The maximum atomic E-state index is 11.9. The van der Waals surface area contributed by atoms with Crippen LogP contribution >= 0.6 is 0 Å². The second kappa shape index (κ2) is 7.07. The molecule has 0 unspecified atom stereocenters. The summed E-state index contributed by atoms with van der Waals surface area (Å²) in [6, 6.07) is 8.09. The second-order valence-corrected chi connectivity index (χ2v) is 6.61. The number of benzene rings is 1. The van der Waals surface area contributed by atoms with Gasteiger partial charge >= 0.3 is 0 Å². The number of rotatable bonds is 4. The van der Waals surface area contributed by atoms with Crippen LogP contribution in [0.5, 0.6) is 5.75 Å². The normalized spacial score (nSPS) is 15.5. The molecule has 1 aliphatic rings. The predicted molar refractivity (Wildman–Crippen MR) is 96.5 cm³/mol. The van der Waals surface area contributed by atoms with Crippen molar-refractivity contribution in [2.24, 2.45) is 5.92 Å². The minimum absolute atomic E-state index is 0.224. The van der Waals surface area contributed by atoms with Gasteiger partial charge in [-0.1, -0.05) is 12.1 Å². The Bertz CT molecular complexity index is 722. The Labute approximate surface area is 143 Å². The fourth-order valence-corrected chi connectivity index (χ4v) is 3.37. The Morgan fingerprint density at radius 1 is 1.25 bits per heavy atom. The number of methoxy groups -OCH3 is 1. The summed E-state index contributed by atoms with van der Waals surface area (Å²) in [7, 11) is 5.35. The van der Waals surface area contributed by atoms with Crippen LogP contribution in [0.15, 0.2) is 30.5 Å². The van der Waals surface area contributed by atoms with Crippen molar-refractivity contribution in [1.82, 2.24) is 9.88 Å². The number of carbonyl (C=O) groups is 1. The summed E-state index contributed by atoms with van der Waals surface area (Å²) in [4.78, 5) is 20.5. The number of hydrogen-bond acceptors (Lipinski definition) is 4. The van der Waals surface area contributed by atoms with Gasteiger partial charge in [-0.25, -0.2) is 4.98 Å². The van der Waals surface area contributed by atoms with Gasteiger partial charge in [0.2, 0.25) is 5.91 Å². The van der Waals surface area contributed by atoms with Crippen molar-refractivity contribution in [3.05, 3.63) is 30.5 Å². The highest BCUT2D eigenvalue weighted by Gasteiger charge is 2.24. The summed E-state index contributed by atoms with van der Waals surface area (Å²) >= 11 is 0. The SMILES string of the molecule is COc1cccc2c(N3CCC(CC(=O)N(C)C)CC3)nccc12. The quantitative estimate of drug-likeness (QED) is 0.866. The lowest BCUT2D eigenvalue weighted by atomic mass is 9.93. The van der Waals surface area contributed by atoms with Crippen LogP contribution in [0.1, 0.15) is 19.3 Å². The smallest absolute Gasteiger partial charge is 0.222 e.